The van der Waals surface area contributed by atoms with Gasteiger partial charge in [0.15, 0.2) is 5.82 Å². The second kappa shape index (κ2) is 10.4. The van der Waals surface area contributed by atoms with Crippen molar-refractivity contribution < 1.29 is 9.18 Å². The van der Waals surface area contributed by atoms with E-state index in [2.05, 4.69) is 21.9 Å². The van der Waals surface area contributed by atoms with Crippen molar-refractivity contribution >= 4 is 35.6 Å². The fourth-order valence-corrected chi connectivity index (χ4v) is 2.58. The molecule has 2 rings (SSSR count). The lowest BCUT2D eigenvalue weighted by atomic mass is 10.2. The molecule has 0 aliphatic rings. The van der Waals surface area contributed by atoms with Gasteiger partial charge >= 0.3 is 0 Å². The van der Waals surface area contributed by atoms with Crippen LogP contribution in [0.4, 0.5) is 27.5 Å². The highest BCUT2D eigenvalue weighted by Crippen LogP contribution is 2.33. The standard InChI is InChI=1S/C20H25FN5O/c1-4-7-12-22-19-18(15-23-20(24-19)25(5-2)6-3)26(13-14-27)17-10-8-16(21)9-11-17/h8-12,14-15H,1,4-7,13H2,2-3H3. The number of hydrogen-bond donors (Lipinski definition) is 0. The molecule has 1 aromatic heterocycles. The minimum Gasteiger partial charge on any atom is -0.341 e. The third-order valence-corrected chi connectivity index (χ3v) is 4.02. The van der Waals surface area contributed by atoms with Crippen molar-refractivity contribution in [1.29, 1.82) is 0 Å². The summed E-state index contributed by atoms with van der Waals surface area (Å²) in [6.45, 7) is 9.49. The molecular formula is C20H25FN5O. The summed E-state index contributed by atoms with van der Waals surface area (Å²) in [4.78, 5) is 28.5. The Bertz CT molecular complexity index is 759. The lowest BCUT2D eigenvalue weighted by Crippen LogP contribution is -2.25. The minimum absolute atomic E-state index is 0.0808. The van der Waals surface area contributed by atoms with Crippen LogP contribution in [-0.2, 0) is 4.79 Å². The molecule has 27 heavy (non-hydrogen) atoms. The highest BCUT2D eigenvalue weighted by Gasteiger charge is 2.17. The Morgan fingerprint density at radius 1 is 1.22 bits per heavy atom. The first-order valence-corrected chi connectivity index (χ1v) is 9.05. The van der Waals surface area contributed by atoms with Gasteiger partial charge < -0.3 is 14.6 Å². The zero-order chi connectivity index (χ0) is 19.6. The van der Waals surface area contributed by atoms with Gasteiger partial charge in [-0.25, -0.2) is 14.4 Å². The van der Waals surface area contributed by atoms with Crippen LogP contribution in [0.15, 0.2) is 35.5 Å². The molecular weight excluding hydrogens is 345 g/mol. The number of anilines is 3. The van der Waals surface area contributed by atoms with Gasteiger partial charge in [-0.15, -0.1) is 0 Å². The van der Waals surface area contributed by atoms with E-state index in [4.69, 9.17) is 0 Å². The molecule has 1 aromatic carbocycles. The number of aldehydes is 1. The molecule has 0 N–H and O–H groups in total. The van der Waals surface area contributed by atoms with Crippen molar-refractivity contribution in [2.75, 3.05) is 29.4 Å². The molecule has 0 aliphatic heterocycles. The summed E-state index contributed by atoms with van der Waals surface area (Å²) >= 11 is 0. The average molecular weight is 370 g/mol. The number of unbranched alkanes of at least 4 members (excludes halogenated alkanes) is 1. The summed E-state index contributed by atoms with van der Waals surface area (Å²) in [6, 6.07) is 5.93. The number of aliphatic imine (C=N–C) groups is 1. The van der Waals surface area contributed by atoms with E-state index in [9.17, 15) is 9.18 Å². The third kappa shape index (κ3) is 5.32. The van der Waals surface area contributed by atoms with Crippen LogP contribution in [-0.4, -0.2) is 42.1 Å². The Labute approximate surface area is 159 Å². The molecule has 143 valence electrons. The van der Waals surface area contributed by atoms with Crippen LogP contribution >= 0.6 is 0 Å². The predicted molar refractivity (Wildman–Crippen MR) is 108 cm³/mol. The van der Waals surface area contributed by atoms with Crippen molar-refractivity contribution in [3.8, 4) is 0 Å². The summed E-state index contributed by atoms with van der Waals surface area (Å²) in [6.07, 6.45) is 5.64. The second-order valence-electron chi connectivity index (χ2n) is 5.76. The van der Waals surface area contributed by atoms with Crippen LogP contribution in [0.25, 0.3) is 0 Å². The number of aromatic nitrogens is 2. The van der Waals surface area contributed by atoms with E-state index in [0.29, 0.717) is 29.6 Å². The van der Waals surface area contributed by atoms with Crippen molar-refractivity contribution in [3.05, 3.63) is 43.2 Å². The van der Waals surface area contributed by atoms with Crippen molar-refractivity contribution in [3.63, 3.8) is 0 Å². The molecule has 0 spiro atoms. The summed E-state index contributed by atoms with van der Waals surface area (Å²) in [7, 11) is 0. The van der Waals surface area contributed by atoms with Crippen molar-refractivity contribution in [2.45, 2.75) is 26.7 Å². The Morgan fingerprint density at radius 2 is 1.93 bits per heavy atom. The lowest BCUT2D eigenvalue weighted by molar-refractivity contribution is -0.106. The highest BCUT2D eigenvalue weighted by molar-refractivity contribution is 5.79. The first-order valence-electron chi connectivity index (χ1n) is 9.05. The molecule has 0 unspecified atom stereocenters. The summed E-state index contributed by atoms with van der Waals surface area (Å²) in [5, 5.41) is 0. The molecule has 0 atom stereocenters. The monoisotopic (exact) mass is 370 g/mol. The first-order chi connectivity index (χ1) is 13.1. The molecule has 0 fully saturated rings. The number of rotatable bonds is 10. The highest BCUT2D eigenvalue weighted by atomic mass is 19.1. The number of hydrogen-bond acceptors (Lipinski definition) is 6. The number of carbonyl (C=O) groups excluding carboxylic acids is 1. The molecule has 0 amide bonds. The van der Waals surface area contributed by atoms with Gasteiger partial charge in [-0.1, -0.05) is 6.92 Å². The van der Waals surface area contributed by atoms with E-state index in [0.717, 1.165) is 25.8 Å². The fourth-order valence-electron chi connectivity index (χ4n) is 2.58. The Balaban J connectivity index is 2.52. The molecule has 6 nitrogen and oxygen atoms in total. The van der Waals surface area contributed by atoms with Gasteiger partial charge in [0.05, 0.1) is 12.7 Å². The zero-order valence-electron chi connectivity index (χ0n) is 15.8. The van der Waals surface area contributed by atoms with Gasteiger partial charge in [-0.2, -0.15) is 4.98 Å². The normalized spacial score (nSPS) is 11.0. The van der Waals surface area contributed by atoms with E-state index in [-0.39, 0.29) is 12.4 Å². The summed E-state index contributed by atoms with van der Waals surface area (Å²) in [5.74, 6) is 0.703. The van der Waals surface area contributed by atoms with E-state index in [1.165, 1.54) is 12.1 Å². The lowest BCUT2D eigenvalue weighted by Gasteiger charge is -2.25. The van der Waals surface area contributed by atoms with E-state index < -0.39 is 0 Å². The van der Waals surface area contributed by atoms with Crippen LogP contribution in [0.2, 0.25) is 0 Å². The van der Waals surface area contributed by atoms with Gasteiger partial charge in [-0.3, -0.25) is 0 Å². The molecule has 0 aliphatic carbocycles. The summed E-state index contributed by atoms with van der Waals surface area (Å²) < 4.78 is 13.3. The molecule has 7 heteroatoms. The van der Waals surface area contributed by atoms with Gasteiger partial charge in [0.25, 0.3) is 0 Å². The topological polar surface area (TPSA) is 61.7 Å². The van der Waals surface area contributed by atoms with Crippen LogP contribution in [0.1, 0.15) is 26.7 Å². The number of benzene rings is 1. The minimum atomic E-state index is -0.341. The van der Waals surface area contributed by atoms with E-state index in [1.54, 1.807) is 29.4 Å². The third-order valence-electron chi connectivity index (χ3n) is 4.02. The molecule has 0 saturated heterocycles. The van der Waals surface area contributed by atoms with E-state index in [1.807, 2.05) is 18.7 Å². The SMILES string of the molecule is [CH2]CCC=Nc1nc(N(CC)CC)ncc1N(CC=O)c1ccc(F)cc1. The van der Waals surface area contributed by atoms with Crippen LogP contribution in [0, 0.1) is 12.7 Å². The molecule has 0 bridgehead atoms. The van der Waals surface area contributed by atoms with Crippen molar-refractivity contribution in [2.24, 2.45) is 4.99 Å². The second-order valence-corrected chi connectivity index (χ2v) is 5.76. The molecule has 1 heterocycles. The van der Waals surface area contributed by atoms with Crippen LogP contribution in [0.5, 0.6) is 0 Å². The van der Waals surface area contributed by atoms with Gasteiger partial charge in [-0.05, 0) is 51.0 Å². The first kappa shape index (κ1) is 20.5. The van der Waals surface area contributed by atoms with Gasteiger partial charge in [0.2, 0.25) is 5.95 Å². The Hall–Kier alpha value is -2.83. The average Bonchev–Trinajstić information content (AvgIpc) is 2.69. The number of carbonyl (C=O) groups is 1. The van der Waals surface area contributed by atoms with Gasteiger partial charge in [0, 0.05) is 25.0 Å². The largest absolute Gasteiger partial charge is 0.341 e. The fraction of sp³-hybridized carbons (Fsp3) is 0.350. The van der Waals surface area contributed by atoms with Gasteiger partial charge in [0.1, 0.15) is 17.8 Å². The maximum atomic E-state index is 13.3. The molecule has 0 saturated carbocycles. The maximum Gasteiger partial charge on any atom is 0.227 e. The van der Waals surface area contributed by atoms with Crippen molar-refractivity contribution in [1.82, 2.24) is 9.97 Å². The predicted octanol–water partition coefficient (Wildman–Crippen LogP) is 4.12. The zero-order valence-corrected chi connectivity index (χ0v) is 15.8. The summed E-state index contributed by atoms with van der Waals surface area (Å²) in [5.41, 5.74) is 1.25. The van der Waals surface area contributed by atoms with E-state index >= 15 is 0 Å². The van der Waals surface area contributed by atoms with Crippen LogP contribution in [0.3, 0.4) is 0 Å². The maximum absolute atomic E-state index is 13.3. The number of halogens is 1. The Morgan fingerprint density at radius 3 is 2.52 bits per heavy atom. The smallest absolute Gasteiger partial charge is 0.227 e. The molecule has 2 aromatic rings. The quantitative estimate of drug-likeness (QED) is 0.465. The Kier molecular flexibility index (Phi) is 7.85. The van der Waals surface area contributed by atoms with Crippen LogP contribution < -0.4 is 9.80 Å². The number of nitrogens with zero attached hydrogens (tertiary/aromatic N) is 5. The molecule has 1 radical (unpaired) electrons.